The molecule has 0 radical (unpaired) electrons. The minimum Gasteiger partial charge on any atom is -0.466 e. The number of hydrogen-bond acceptors (Lipinski definition) is 7. The Bertz CT molecular complexity index is 937. The Morgan fingerprint density at radius 2 is 1.96 bits per heavy atom. The molecule has 1 aliphatic heterocycles. The van der Waals surface area contributed by atoms with Gasteiger partial charge in [-0.05, 0) is 40.5 Å². The minimum atomic E-state index is -3.70. The lowest BCUT2D eigenvalue weighted by molar-refractivity contribution is -0.149. The van der Waals surface area contributed by atoms with E-state index in [4.69, 9.17) is 9.26 Å². The van der Waals surface area contributed by atoms with Gasteiger partial charge >= 0.3 is 5.97 Å². The zero-order valence-electron chi connectivity index (χ0n) is 15.9. The van der Waals surface area contributed by atoms with Crippen LogP contribution in [0.3, 0.4) is 0 Å². The molecule has 7 nitrogen and oxygen atoms in total. The van der Waals surface area contributed by atoms with Gasteiger partial charge in [0.15, 0.2) is 5.76 Å². The molecule has 0 aromatic carbocycles. The van der Waals surface area contributed by atoms with E-state index in [0.29, 0.717) is 49.6 Å². The summed E-state index contributed by atoms with van der Waals surface area (Å²) in [6.45, 7) is 8.20. The molecule has 148 valence electrons. The summed E-state index contributed by atoms with van der Waals surface area (Å²) in [4.78, 5) is 13.8. The number of aryl methyl sites for hydroxylation is 3. The first-order chi connectivity index (χ1) is 12.8. The zero-order valence-corrected chi connectivity index (χ0v) is 17.6. The third-order valence-electron chi connectivity index (χ3n) is 4.75. The fourth-order valence-electron chi connectivity index (χ4n) is 3.46. The molecule has 0 aliphatic carbocycles. The van der Waals surface area contributed by atoms with Crippen LogP contribution in [0.1, 0.15) is 35.2 Å². The molecule has 1 aliphatic rings. The van der Waals surface area contributed by atoms with Crippen LogP contribution < -0.4 is 0 Å². The molecule has 1 fully saturated rings. The number of aromatic nitrogens is 1. The molecule has 2 aromatic rings. The highest BCUT2D eigenvalue weighted by atomic mass is 32.2. The Labute approximate surface area is 163 Å². The third-order valence-corrected chi connectivity index (χ3v) is 7.97. The quantitative estimate of drug-likeness (QED) is 0.700. The summed E-state index contributed by atoms with van der Waals surface area (Å²) >= 11 is 1.44. The maximum Gasteiger partial charge on any atom is 0.309 e. The van der Waals surface area contributed by atoms with E-state index in [9.17, 15) is 13.2 Å². The third kappa shape index (κ3) is 3.81. The predicted molar refractivity (Wildman–Crippen MR) is 102 cm³/mol. The average Bonchev–Trinajstić information content (AvgIpc) is 3.17. The van der Waals surface area contributed by atoms with Crippen LogP contribution in [0.2, 0.25) is 0 Å². The van der Waals surface area contributed by atoms with E-state index in [1.807, 2.05) is 13.8 Å². The van der Waals surface area contributed by atoms with Gasteiger partial charge in [0, 0.05) is 28.9 Å². The van der Waals surface area contributed by atoms with Crippen molar-refractivity contribution in [2.45, 2.75) is 45.4 Å². The lowest BCUT2D eigenvalue weighted by atomic mass is 9.98. The summed E-state index contributed by atoms with van der Waals surface area (Å²) in [5.41, 5.74) is 1.29. The van der Waals surface area contributed by atoms with Crippen LogP contribution in [0.25, 0.3) is 11.3 Å². The number of piperidine rings is 1. The lowest BCUT2D eigenvalue weighted by Crippen LogP contribution is -2.40. The summed E-state index contributed by atoms with van der Waals surface area (Å²) in [5, 5.41) is 3.90. The first-order valence-electron chi connectivity index (χ1n) is 8.96. The first-order valence-corrected chi connectivity index (χ1v) is 11.2. The molecule has 2 aromatic heterocycles. The molecule has 0 saturated carbocycles. The summed E-state index contributed by atoms with van der Waals surface area (Å²) in [6, 6.07) is 1.75. The van der Waals surface area contributed by atoms with Crippen LogP contribution >= 0.6 is 11.3 Å². The van der Waals surface area contributed by atoms with Gasteiger partial charge in [0.1, 0.15) is 4.90 Å². The van der Waals surface area contributed by atoms with Crippen molar-refractivity contribution in [2.75, 3.05) is 19.7 Å². The van der Waals surface area contributed by atoms with Crippen molar-refractivity contribution in [2.24, 2.45) is 5.92 Å². The normalized spacial score (nSPS) is 16.6. The Balaban J connectivity index is 1.90. The standard InChI is InChI=1S/C18H24N2O5S2/c1-5-24-18(21)14-6-8-20(9-7-14)27(22,23)17-13(4)26-12(3)16(17)15-10-11(2)19-25-15/h10,14H,5-9H2,1-4H3. The molecule has 0 spiro atoms. The van der Waals surface area contributed by atoms with E-state index in [2.05, 4.69) is 5.16 Å². The largest absolute Gasteiger partial charge is 0.466 e. The monoisotopic (exact) mass is 412 g/mol. The summed E-state index contributed by atoms with van der Waals surface area (Å²) in [7, 11) is -3.70. The summed E-state index contributed by atoms with van der Waals surface area (Å²) in [6.07, 6.45) is 0.938. The van der Waals surface area contributed by atoms with Gasteiger partial charge in [-0.15, -0.1) is 11.3 Å². The molecule has 9 heteroatoms. The van der Waals surface area contributed by atoms with E-state index >= 15 is 0 Å². The molecule has 3 rings (SSSR count). The van der Waals surface area contributed by atoms with Crippen molar-refractivity contribution >= 4 is 27.3 Å². The van der Waals surface area contributed by atoms with Crippen LogP contribution in [-0.4, -0.2) is 43.5 Å². The van der Waals surface area contributed by atoms with Crippen LogP contribution in [0.5, 0.6) is 0 Å². The number of carbonyl (C=O) groups is 1. The second kappa shape index (κ2) is 7.73. The molecular weight excluding hydrogens is 388 g/mol. The number of rotatable bonds is 5. The Morgan fingerprint density at radius 1 is 1.30 bits per heavy atom. The Hall–Kier alpha value is -1.71. The van der Waals surface area contributed by atoms with Crippen LogP contribution in [0.15, 0.2) is 15.5 Å². The zero-order chi connectivity index (χ0) is 19.8. The molecule has 1 saturated heterocycles. The van der Waals surface area contributed by atoms with Crippen molar-refractivity contribution in [3.05, 3.63) is 21.5 Å². The number of esters is 1. The number of ether oxygens (including phenoxy) is 1. The van der Waals surface area contributed by atoms with Crippen molar-refractivity contribution in [1.82, 2.24) is 9.46 Å². The van der Waals surface area contributed by atoms with Gasteiger partial charge < -0.3 is 9.26 Å². The fraction of sp³-hybridized carbons (Fsp3) is 0.556. The maximum atomic E-state index is 13.4. The highest BCUT2D eigenvalue weighted by molar-refractivity contribution is 7.89. The van der Waals surface area contributed by atoms with Gasteiger partial charge in [-0.25, -0.2) is 8.42 Å². The van der Waals surface area contributed by atoms with Crippen molar-refractivity contribution in [3.63, 3.8) is 0 Å². The van der Waals surface area contributed by atoms with E-state index < -0.39 is 10.0 Å². The second-order valence-electron chi connectivity index (χ2n) is 6.68. The molecule has 0 N–H and O–H groups in total. The molecule has 0 unspecified atom stereocenters. The van der Waals surface area contributed by atoms with Crippen LogP contribution in [0, 0.1) is 26.7 Å². The van der Waals surface area contributed by atoms with Gasteiger partial charge in [-0.2, -0.15) is 4.31 Å². The highest BCUT2D eigenvalue weighted by Crippen LogP contribution is 2.41. The molecular formula is C18H24N2O5S2. The van der Waals surface area contributed by atoms with Crippen molar-refractivity contribution < 1.29 is 22.5 Å². The number of carbonyl (C=O) groups excluding carboxylic acids is 1. The summed E-state index contributed by atoms with van der Waals surface area (Å²) < 4.78 is 38.6. The molecule has 27 heavy (non-hydrogen) atoms. The highest BCUT2D eigenvalue weighted by Gasteiger charge is 2.36. The van der Waals surface area contributed by atoms with Gasteiger partial charge in [-0.3, -0.25) is 4.79 Å². The minimum absolute atomic E-state index is 0.238. The number of nitrogens with zero attached hydrogens (tertiary/aromatic N) is 2. The number of thiophene rings is 1. The predicted octanol–water partition coefficient (Wildman–Crippen LogP) is 3.29. The van der Waals surface area contributed by atoms with Gasteiger partial charge in [-0.1, -0.05) is 5.16 Å². The lowest BCUT2D eigenvalue weighted by Gasteiger charge is -2.30. The number of hydrogen-bond donors (Lipinski definition) is 0. The molecule has 3 heterocycles. The molecule has 0 atom stereocenters. The van der Waals surface area contributed by atoms with Crippen LogP contribution in [-0.2, 0) is 19.6 Å². The van der Waals surface area contributed by atoms with Gasteiger partial charge in [0.2, 0.25) is 10.0 Å². The van der Waals surface area contributed by atoms with Crippen LogP contribution in [0.4, 0.5) is 0 Å². The maximum absolute atomic E-state index is 13.4. The first kappa shape index (κ1) is 20.0. The van der Waals surface area contributed by atoms with E-state index in [-0.39, 0.29) is 16.8 Å². The average molecular weight is 413 g/mol. The smallest absolute Gasteiger partial charge is 0.309 e. The topological polar surface area (TPSA) is 89.7 Å². The second-order valence-corrected chi connectivity index (χ2v) is 9.99. The number of sulfonamides is 1. The fourth-order valence-corrected chi connectivity index (χ4v) is 6.75. The molecule has 0 amide bonds. The Kier molecular flexibility index (Phi) is 5.73. The summed E-state index contributed by atoms with van der Waals surface area (Å²) in [5.74, 6) is -0.0117. The van der Waals surface area contributed by atoms with Gasteiger partial charge in [0.05, 0.1) is 23.8 Å². The van der Waals surface area contributed by atoms with E-state index in [1.54, 1.807) is 19.9 Å². The van der Waals surface area contributed by atoms with Crippen molar-refractivity contribution in [3.8, 4) is 11.3 Å². The SMILES string of the molecule is CCOC(=O)C1CCN(S(=O)(=O)c2c(C)sc(C)c2-c2cc(C)no2)CC1. The van der Waals surface area contributed by atoms with E-state index in [0.717, 1.165) is 9.75 Å². The van der Waals surface area contributed by atoms with E-state index in [1.165, 1.54) is 15.6 Å². The van der Waals surface area contributed by atoms with Gasteiger partial charge in [0.25, 0.3) is 0 Å². The Morgan fingerprint density at radius 3 is 2.52 bits per heavy atom. The van der Waals surface area contributed by atoms with Crippen molar-refractivity contribution in [1.29, 1.82) is 0 Å². The molecule has 0 bridgehead atoms.